The fraction of sp³-hybridized carbons (Fsp3) is 0.429. The van der Waals surface area contributed by atoms with Gasteiger partial charge in [-0.1, -0.05) is 17.7 Å². The van der Waals surface area contributed by atoms with Gasteiger partial charge in [-0.2, -0.15) is 4.98 Å². The van der Waals surface area contributed by atoms with E-state index >= 15 is 0 Å². The molecule has 2 bridgehead atoms. The smallest absolute Gasteiger partial charge is 0.322 e. The Labute approximate surface area is 184 Å². The van der Waals surface area contributed by atoms with E-state index in [1.807, 2.05) is 13.0 Å². The monoisotopic (exact) mass is 443 g/mol. The zero-order chi connectivity index (χ0) is 21.5. The summed E-state index contributed by atoms with van der Waals surface area (Å²) in [5.74, 6) is 1.79. The lowest BCUT2D eigenvalue weighted by Crippen LogP contribution is -2.48. The van der Waals surface area contributed by atoms with Gasteiger partial charge in [0.2, 0.25) is 5.95 Å². The van der Waals surface area contributed by atoms with E-state index in [2.05, 4.69) is 30.3 Å². The van der Waals surface area contributed by atoms with Gasteiger partial charge in [-0.15, -0.1) is 5.10 Å². The first kappa shape index (κ1) is 20.0. The van der Waals surface area contributed by atoms with Crippen molar-refractivity contribution in [3.8, 4) is 11.8 Å². The minimum atomic E-state index is -0.618. The SMILES string of the molecule is Cc1cc(N2C[C@H]3CC[C@@H](C2)[C@@H]3Nc2nc(Oc3cccc(Cl)c3F)n(C)n2)ncn1. The molecule has 31 heavy (non-hydrogen) atoms. The van der Waals surface area contributed by atoms with Crippen molar-refractivity contribution < 1.29 is 9.13 Å². The van der Waals surface area contributed by atoms with E-state index in [-0.39, 0.29) is 22.8 Å². The molecule has 5 rings (SSSR count). The Morgan fingerprint density at radius 2 is 1.97 bits per heavy atom. The summed E-state index contributed by atoms with van der Waals surface area (Å²) < 4.78 is 21.3. The number of piperidine rings is 1. The summed E-state index contributed by atoms with van der Waals surface area (Å²) >= 11 is 5.84. The summed E-state index contributed by atoms with van der Waals surface area (Å²) in [7, 11) is 1.71. The second kappa shape index (κ2) is 7.96. The van der Waals surface area contributed by atoms with Crippen LogP contribution in [0.25, 0.3) is 0 Å². The van der Waals surface area contributed by atoms with Crippen LogP contribution in [0.15, 0.2) is 30.6 Å². The maximum atomic E-state index is 14.2. The van der Waals surface area contributed by atoms with Crippen LogP contribution in [-0.2, 0) is 7.05 Å². The van der Waals surface area contributed by atoms with Crippen molar-refractivity contribution in [2.45, 2.75) is 25.8 Å². The molecule has 0 spiro atoms. The molecule has 0 radical (unpaired) electrons. The molecular formula is C21H23ClFN7O. The van der Waals surface area contributed by atoms with E-state index in [1.165, 1.54) is 16.8 Å². The third-order valence-corrected chi connectivity index (χ3v) is 6.38. The van der Waals surface area contributed by atoms with Gasteiger partial charge in [0.15, 0.2) is 11.6 Å². The fourth-order valence-corrected chi connectivity index (χ4v) is 4.76. The summed E-state index contributed by atoms with van der Waals surface area (Å²) in [6.07, 6.45) is 3.92. The molecule has 1 saturated heterocycles. The number of hydrogen-bond acceptors (Lipinski definition) is 7. The zero-order valence-electron chi connectivity index (χ0n) is 17.3. The maximum Gasteiger partial charge on any atom is 0.322 e. The van der Waals surface area contributed by atoms with Crippen LogP contribution in [0.5, 0.6) is 11.8 Å². The molecule has 8 nitrogen and oxygen atoms in total. The molecule has 1 N–H and O–H groups in total. The van der Waals surface area contributed by atoms with E-state index < -0.39 is 5.82 Å². The largest absolute Gasteiger partial charge is 0.421 e. The molecule has 1 saturated carbocycles. The van der Waals surface area contributed by atoms with Crippen LogP contribution < -0.4 is 15.0 Å². The number of hydrogen-bond donors (Lipinski definition) is 1. The minimum absolute atomic E-state index is 0.000216. The number of rotatable bonds is 5. The normalized spacial score (nSPS) is 22.6. The highest BCUT2D eigenvalue weighted by molar-refractivity contribution is 6.30. The number of nitrogens with one attached hydrogen (secondary N) is 1. The van der Waals surface area contributed by atoms with Gasteiger partial charge in [-0.3, -0.25) is 0 Å². The van der Waals surface area contributed by atoms with Crippen molar-refractivity contribution in [2.75, 3.05) is 23.3 Å². The highest BCUT2D eigenvalue weighted by atomic mass is 35.5. The molecule has 3 heterocycles. The standard InChI is InChI=1S/C21H23ClFN7O/c1-12-8-17(25-11-24-12)30-9-13-6-7-14(10-30)19(13)26-20-27-21(29(2)28-20)31-16-5-3-4-15(22)18(16)23/h3-5,8,11,13-14,19H,6-7,9-10H2,1-2H3,(H,26,28)/t13-,14+,19-. The number of ether oxygens (including phenoxy) is 1. The van der Waals surface area contributed by atoms with Crippen molar-refractivity contribution in [1.82, 2.24) is 24.7 Å². The predicted octanol–water partition coefficient (Wildman–Crippen LogP) is 3.83. The summed E-state index contributed by atoms with van der Waals surface area (Å²) in [5.41, 5.74) is 0.971. The van der Waals surface area contributed by atoms with Crippen LogP contribution in [0.4, 0.5) is 16.2 Å². The molecule has 10 heteroatoms. The van der Waals surface area contributed by atoms with Gasteiger partial charge >= 0.3 is 6.01 Å². The van der Waals surface area contributed by atoms with Crippen LogP contribution in [0.3, 0.4) is 0 Å². The maximum absolute atomic E-state index is 14.2. The van der Waals surface area contributed by atoms with Crippen molar-refractivity contribution in [3.63, 3.8) is 0 Å². The van der Waals surface area contributed by atoms with E-state index in [4.69, 9.17) is 16.3 Å². The molecule has 3 aromatic rings. The van der Waals surface area contributed by atoms with E-state index in [1.54, 1.807) is 19.4 Å². The first-order valence-corrected chi connectivity index (χ1v) is 10.7. The van der Waals surface area contributed by atoms with Crippen molar-refractivity contribution in [1.29, 1.82) is 0 Å². The number of nitrogens with zero attached hydrogens (tertiary/aromatic N) is 6. The van der Waals surface area contributed by atoms with Gasteiger partial charge in [0.05, 0.1) is 5.02 Å². The van der Waals surface area contributed by atoms with Crippen molar-refractivity contribution >= 4 is 23.4 Å². The molecule has 2 aromatic heterocycles. The Bertz CT molecular complexity index is 1090. The van der Waals surface area contributed by atoms with E-state index in [0.29, 0.717) is 17.8 Å². The number of aryl methyl sites for hydroxylation is 2. The Balaban J connectivity index is 1.29. The molecule has 2 aliphatic rings. The lowest BCUT2D eigenvalue weighted by atomic mass is 9.92. The topological polar surface area (TPSA) is 81.0 Å². The second-order valence-electron chi connectivity index (χ2n) is 8.19. The third-order valence-electron chi connectivity index (χ3n) is 6.08. The van der Waals surface area contributed by atoms with Crippen LogP contribution in [-0.4, -0.2) is 43.9 Å². The second-order valence-corrected chi connectivity index (χ2v) is 8.59. The zero-order valence-corrected chi connectivity index (χ0v) is 18.1. The molecule has 1 aliphatic carbocycles. The number of anilines is 2. The number of benzene rings is 1. The van der Waals surface area contributed by atoms with Crippen molar-refractivity contribution in [2.24, 2.45) is 18.9 Å². The van der Waals surface area contributed by atoms with E-state index in [0.717, 1.165) is 37.4 Å². The molecule has 1 aliphatic heterocycles. The van der Waals surface area contributed by atoms with Gasteiger partial charge < -0.3 is 15.0 Å². The molecule has 1 aromatic carbocycles. The highest BCUT2D eigenvalue weighted by Crippen LogP contribution is 2.40. The van der Waals surface area contributed by atoms with Crippen molar-refractivity contribution in [3.05, 3.63) is 47.1 Å². The molecule has 2 fully saturated rings. The Kier molecular flexibility index (Phi) is 5.13. The fourth-order valence-electron chi connectivity index (χ4n) is 4.59. The van der Waals surface area contributed by atoms with Gasteiger partial charge in [-0.05, 0) is 43.7 Å². The minimum Gasteiger partial charge on any atom is -0.421 e. The summed E-state index contributed by atoms with van der Waals surface area (Å²) in [5, 5.41) is 7.92. The Morgan fingerprint density at radius 3 is 2.71 bits per heavy atom. The first-order chi connectivity index (χ1) is 15.0. The average molecular weight is 444 g/mol. The molecule has 0 unspecified atom stereocenters. The van der Waals surface area contributed by atoms with Gasteiger partial charge in [0.25, 0.3) is 0 Å². The van der Waals surface area contributed by atoms with Crippen LogP contribution in [0.2, 0.25) is 5.02 Å². The molecule has 0 amide bonds. The first-order valence-electron chi connectivity index (χ1n) is 10.3. The quantitative estimate of drug-likeness (QED) is 0.641. The van der Waals surface area contributed by atoms with Gasteiger partial charge in [-0.25, -0.2) is 19.0 Å². The van der Waals surface area contributed by atoms with Gasteiger partial charge in [0.1, 0.15) is 12.1 Å². The van der Waals surface area contributed by atoms with Crippen LogP contribution in [0, 0.1) is 24.6 Å². The van der Waals surface area contributed by atoms with Gasteiger partial charge in [0, 0.05) is 37.9 Å². The van der Waals surface area contributed by atoms with Crippen LogP contribution in [0.1, 0.15) is 18.5 Å². The molecule has 162 valence electrons. The van der Waals surface area contributed by atoms with E-state index in [9.17, 15) is 4.39 Å². The lowest BCUT2D eigenvalue weighted by molar-refractivity contribution is 0.374. The molecule has 3 atom stereocenters. The Morgan fingerprint density at radius 1 is 1.19 bits per heavy atom. The average Bonchev–Trinajstić information content (AvgIpc) is 3.19. The summed E-state index contributed by atoms with van der Waals surface area (Å²) in [4.78, 5) is 15.4. The predicted molar refractivity (Wildman–Crippen MR) is 115 cm³/mol. The Hall–Kier alpha value is -2.94. The summed E-state index contributed by atoms with van der Waals surface area (Å²) in [6.45, 7) is 3.83. The highest BCUT2D eigenvalue weighted by Gasteiger charge is 2.43. The lowest BCUT2D eigenvalue weighted by Gasteiger charge is -2.38. The molecular weight excluding hydrogens is 421 g/mol. The number of fused-ring (bicyclic) bond motifs is 2. The van der Waals surface area contributed by atoms with Crippen LogP contribution >= 0.6 is 11.6 Å². The summed E-state index contributed by atoms with van der Waals surface area (Å²) in [6, 6.07) is 7.11. The third kappa shape index (κ3) is 3.89. The number of halogens is 2. The number of aromatic nitrogens is 5.